The summed E-state index contributed by atoms with van der Waals surface area (Å²) in [5.74, 6) is -2.13. The second-order valence-corrected chi connectivity index (χ2v) is 8.98. The van der Waals surface area contributed by atoms with Gasteiger partial charge >= 0.3 is 0 Å². The molecule has 0 spiro atoms. The molecule has 2 heterocycles. The molecule has 208 valence electrons. The molecule has 2 aromatic rings. The van der Waals surface area contributed by atoms with E-state index in [9.17, 15) is 19.2 Å². The Morgan fingerprint density at radius 1 is 0.769 bits per heavy atom. The summed E-state index contributed by atoms with van der Waals surface area (Å²) in [4.78, 5) is 50.6. The van der Waals surface area contributed by atoms with Crippen LogP contribution in [0, 0.1) is 0 Å². The number of hydrogen-bond acceptors (Lipinski definition) is 9. The van der Waals surface area contributed by atoms with Gasteiger partial charge in [-0.25, -0.2) is 0 Å². The van der Waals surface area contributed by atoms with Crippen LogP contribution >= 0.6 is 0 Å². The van der Waals surface area contributed by atoms with Gasteiger partial charge in [-0.15, -0.1) is 0 Å². The Balaban J connectivity index is 1.07. The molecule has 0 bridgehead atoms. The van der Waals surface area contributed by atoms with Crippen LogP contribution < -0.4 is 10.6 Å². The van der Waals surface area contributed by atoms with Crippen molar-refractivity contribution in [2.24, 2.45) is 0 Å². The Morgan fingerprint density at radius 2 is 1.44 bits per heavy atom. The van der Waals surface area contributed by atoms with Crippen LogP contribution in [0.2, 0.25) is 0 Å². The summed E-state index contributed by atoms with van der Waals surface area (Å²) in [5, 5.41) is 5.33. The fourth-order valence-corrected chi connectivity index (χ4v) is 4.34. The van der Waals surface area contributed by atoms with Crippen LogP contribution in [0.25, 0.3) is 0 Å². The summed E-state index contributed by atoms with van der Waals surface area (Å²) < 4.78 is 22.1. The van der Waals surface area contributed by atoms with Crippen molar-refractivity contribution in [2.75, 3.05) is 58.1 Å². The van der Waals surface area contributed by atoms with Gasteiger partial charge in [0.2, 0.25) is 11.8 Å². The van der Waals surface area contributed by atoms with Crippen molar-refractivity contribution < 1.29 is 38.1 Å². The third-order valence-corrected chi connectivity index (χ3v) is 6.26. The molecule has 1 fully saturated rings. The molecule has 4 rings (SSSR count). The maximum absolute atomic E-state index is 13.1. The summed E-state index contributed by atoms with van der Waals surface area (Å²) in [6, 6.07) is 13.9. The molecule has 2 N–H and O–H groups in total. The average Bonchev–Trinajstić information content (AvgIpc) is 3.19. The molecule has 0 saturated carbocycles. The highest BCUT2D eigenvalue weighted by atomic mass is 16.6. The number of fused-ring (bicyclic) bond motifs is 1. The topological polar surface area (TPSA) is 132 Å². The van der Waals surface area contributed by atoms with Crippen LogP contribution in [0.15, 0.2) is 48.5 Å². The van der Waals surface area contributed by atoms with Gasteiger partial charge in [0.05, 0.1) is 64.0 Å². The molecule has 11 heteroatoms. The molecule has 0 radical (unpaired) electrons. The molecule has 2 aliphatic heterocycles. The third-order valence-electron chi connectivity index (χ3n) is 6.26. The van der Waals surface area contributed by atoms with Crippen LogP contribution in [0.5, 0.6) is 0 Å². The minimum Gasteiger partial charge on any atom is -0.382 e. The molecule has 0 aliphatic carbocycles. The van der Waals surface area contributed by atoms with E-state index in [4.69, 9.17) is 18.9 Å². The molecule has 2 aromatic carbocycles. The Hall–Kier alpha value is -3.64. The van der Waals surface area contributed by atoms with Crippen molar-refractivity contribution in [1.82, 2.24) is 10.2 Å². The van der Waals surface area contributed by atoms with Crippen molar-refractivity contribution in [3.05, 3.63) is 65.2 Å². The Kier molecular flexibility index (Phi) is 10.5. The van der Waals surface area contributed by atoms with Crippen molar-refractivity contribution in [2.45, 2.75) is 25.5 Å². The minimum atomic E-state index is -0.996. The molecular formula is C28H33N3O8. The first-order valence-electron chi connectivity index (χ1n) is 13.0. The van der Waals surface area contributed by atoms with Gasteiger partial charge in [0.1, 0.15) is 6.04 Å². The lowest BCUT2D eigenvalue weighted by atomic mass is 10.0. The molecule has 39 heavy (non-hydrogen) atoms. The number of carbonyl (C=O) groups excluding carboxylic acids is 4. The van der Waals surface area contributed by atoms with E-state index in [1.807, 2.05) is 30.3 Å². The summed E-state index contributed by atoms with van der Waals surface area (Å²) in [6.07, 6.45) is 0.192. The first-order chi connectivity index (χ1) is 19.1. The number of nitrogens with one attached hydrogen (secondary N) is 2. The zero-order chi connectivity index (χ0) is 27.5. The number of anilines is 1. The lowest BCUT2D eigenvalue weighted by Gasteiger charge is -2.27. The Morgan fingerprint density at radius 3 is 2.13 bits per heavy atom. The number of imide groups is 2. The predicted octanol–water partition coefficient (Wildman–Crippen LogP) is 1.77. The maximum Gasteiger partial charge on any atom is 0.264 e. The van der Waals surface area contributed by atoms with Gasteiger partial charge < -0.3 is 24.3 Å². The smallest absolute Gasteiger partial charge is 0.264 e. The van der Waals surface area contributed by atoms with Crippen LogP contribution in [-0.2, 0) is 35.1 Å². The molecule has 1 saturated heterocycles. The second kappa shape index (κ2) is 14.5. The number of amides is 4. The number of carbonyl (C=O) groups is 4. The van der Waals surface area contributed by atoms with Crippen molar-refractivity contribution in [3.8, 4) is 0 Å². The molecular weight excluding hydrogens is 506 g/mol. The Bertz CT molecular complexity index is 1160. The SMILES string of the molecule is O=C1CCC(N2C(=O)c3cccc(NCCOCCOCCOCCOCc4ccccc4)c3C2=O)C(=O)N1. The third kappa shape index (κ3) is 7.70. The number of rotatable bonds is 16. The highest BCUT2D eigenvalue weighted by molar-refractivity contribution is 6.25. The van der Waals surface area contributed by atoms with Gasteiger partial charge in [-0.05, 0) is 24.1 Å². The minimum absolute atomic E-state index is 0.0765. The quantitative estimate of drug-likeness (QED) is 0.242. The Labute approximate surface area is 226 Å². The number of hydrogen-bond donors (Lipinski definition) is 2. The number of benzene rings is 2. The van der Waals surface area contributed by atoms with E-state index in [0.717, 1.165) is 10.5 Å². The van der Waals surface area contributed by atoms with Crippen molar-refractivity contribution in [3.63, 3.8) is 0 Å². The average molecular weight is 540 g/mol. The molecule has 11 nitrogen and oxygen atoms in total. The molecule has 1 atom stereocenters. The van der Waals surface area contributed by atoms with Gasteiger partial charge in [0.15, 0.2) is 0 Å². The van der Waals surface area contributed by atoms with E-state index in [0.29, 0.717) is 65.1 Å². The normalized spacial score (nSPS) is 16.9. The van der Waals surface area contributed by atoms with Crippen LogP contribution in [0.3, 0.4) is 0 Å². The van der Waals surface area contributed by atoms with E-state index < -0.39 is 29.7 Å². The van der Waals surface area contributed by atoms with Gasteiger partial charge in [-0.1, -0.05) is 36.4 Å². The second-order valence-electron chi connectivity index (χ2n) is 8.98. The summed E-state index contributed by atoms with van der Waals surface area (Å²) in [7, 11) is 0. The van der Waals surface area contributed by atoms with Gasteiger partial charge in [0.25, 0.3) is 11.8 Å². The van der Waals surface area contributed by atoms with E-state index >= 15 is 0 Å². The van der Waals surface area contributed by atoms with Crippen LogP contribution in [0.1, 0.15) is 39.1 Å². The van der Waals surface area contributed by atoms with Gasteiger partial charge in [-0.3, -0.25) is 29.4 Å². The van der Waals surface area contributed by atoms with Crippen molar-refractivity contribution >= 4 is 29.3 Å². The van der Waals surface area contributed by atoms with Gasteiger partial charge in [0, 0.05) is 18.7 Å². The summed E-state index contributed by atoms with van der Waals surface area (Å²) in [6.45, 7) is 4.09. The fraction of sp³-hybridized carbons (Fsp3) is 0.429. The largest absolute Gasteiger partial charge is 0.382 e. The number of nitrogens with zero attached hydrogens (tertiary/aromatic N) is 1. The van der Waals surface area contributed by atoms with E-state index in [2.05, 4.69) is 10.6 Å². The number of ether oxygens (including phenoxy) is 4. The summed E-state index contributed by atoms with van der Waals surface area (Å²) in [5.41, 5.74) is 2.07. The fourth-order valence-electron chi connectivity index (χ4n) is 4.34. The maximum atomic E-state index is 13.1. The summed E-state index contributed by atoms with van der Waals surface area (Å²) >= 11 is 0. The zero-order valence-electron chi connectivity index (χ0n) is 21.7. The first-order valence-corrected chi connectivity index (χ1v) is 13.0. The molecule has 0 aromatic heterocycles. The molecule has 2 aliphatic rings. The monoisotopic (exact) mass is 539 g/mol. The molecule has 4 amide bonds. The van der Waals surface area contributed by atoms with Crippen molar-refractivity contribution in [1.29, 1.82) is 0 Å². The molecule has 1 unspecified atom stereocenters. The first kappa shape index (κ1) is 28.4. The lowest BCUT2D eigenvalue weighted by molar-refractivity contribution is -0.136. The standard InChI is InChI=1S/C28H33N3O8/c32-24-10-9-23(26(33)30-24)31-27(34)21-7-4-8-22(25(21)28(31)35)29-11-12-36-13-14-37-15-16-38-17-18-39-19-20-5-2-1-3-6-20/h1-8,23,29H,9-19H2,(H,30,32,33). The van der Waals surface area contributed by atoms with E-state index in [-0.39, 0.29) is 24.0 Å². The van der Waals surface area contributed by atoms with Crippen LogP contribution in [0.4, 0.5) is 5.69 Å². The van der Waals surface area contributed by atoms with Gasteiger partial charge in [-0.2, -0.15) is 0 Å². The zero-order valence-corrected chi connectivity index (χ0v) is 21.7. The highest BCUT2D eigenvalue weighted by Crippen LogP contribution is 2.32. The highest BCUT2D eigenvalue weighted by Gasteiger charge is 2.45. The van der Waals surface area contributed by atoms with Crippen LogP contribution in [-0.4, -0.2) is 87.4 Å². The lowest BCUT2D eigenvalue weighted by Crippen LogP contribution is -2.54. The van der Waals surface area contributed by atoms with E-state index in [1.165, 1.54) is 0 Å². The van der Waals surface area contributed by atoms with E-state index in [1.54, 1.807) is 18.2 Å². The predicted molar refractivity (Wildman–Crippen MR) is 140 cm³/mol. The number of piperidine rings is 1.